The fraction of sp³-hybridized carbons (Fsp3) is 0.542. The van der Waals surface area contributed by atoms with Crippen LogP contribution in [0.1, 0.15) is 59.6 Å². The summed E-state index contributed by atoms with van der Waals surface area (Å²) in [4.78, 5) is 38.6. The van der Waals surface area contributed by atoms with Crippen molar-refractivity contribution in [2.24, 2.45) is 11.3 Å². The Bertz CT molecular complexity index is 813. The van der Waals surface area contributed by atoms with Crippen molar-refractivity contribution >= 4 is 17.8 Å². The fourth-order valence-corrected chi connectivity index (χ4v) is 3.52. The highest BCUT2D eigenvalue weighted by Crippen LogP contribution is 2.30. The number of carbonyl (C=O) groups is 3. The number of ether oxygens (including phenoxy) is 2. The lowest BCUT2D eigenvalue weighted by atomic mass is 9.85. The maximum Gasteiger partial charge on any atom is 0.338 e. The molecule has 1 aromatic carbocycles. The highest BCUT2D eigenvalue weighted by molar-refractivity contribution is 5.92. The second kappa shape index (κ2) is 9.64. The molecule has 0 aromatic heterocycles. The van der Waals surface area contributed by atoms with Gasteiger partial charge < -0.3 is 20.1 Å². The van der Waals surface area contributed by atoms with E-state index in [1.54, 1.807) is 19.9 Å². The van der Waals surface area contributed by atoms with Gasteiger partial charge in [-0.3, -0.25) is 9.59 Å². The van der Waals surface area contributed by atoms with Crippen molar-refractivity contribution in [2.75, 3.05) is 0 Å². The van der Waals surface area contributed by atoms with Gasteiger partial charge in [-0.25, -0.2) is 4.79 Å². The van der Waals surface area contributed by atoms with E-state index in [1.165, 1.54) is 0 Å². The lowest BCUT2D eigenvalue weighted by molar-refractivity contribution is -0.162. The number of esters is 1. The molecule has 31 heavy (non-hydrogen) atoms. The molecular formula is C24H34N2O5. The highest BCUT2D eigenvalue weighted by Gasteiger charge is 2.48. The van der Waals surface area contributed by atoms with Crippen molar-refractivity contribution < 1.29 is 23.9 Å². The van der Waals surface area contributed by atoms with Crippen LogP contribution >= 0.6 is 0 Å². The largest absolute Gasteiger partial charge is 0.432 e. The number of benzene rings is 1. The van der Waals surface area contributed by atoms with Crippen LogP contribution in [0.4, 0.5) is 0 Å². The maximum atomic E-state index is 13.2. The molecule has 1 aliphatic heterocycles. The van der Waals surface area contributed by atoms with Crippen LogP contribution in [-0.4, -0.2) is 35.7 Å². The third-order valence-corrected chi connectivity index (χ3v) is 5.19. The summed E-state index contributed by atoms with van der Waals surface area (Å²) in [5, 5.41) is 5.81. The van der Waals surface area contributed by atoms with Crippen LogP contribution in [-0.2, 0) is 23.9 Å². The monoisotopic (exact) mass is 430 g/mol. The van der Waals surface area contributed by atoms with E-state index >= 15 is 0 Å². The van der Waals surface area contributed by atoms with Gasteiger partial charge in [0.25, 0.3) is 0 Å². The number of rotatable bonds is 8. The summed E-state index contributed by atoms with van der Waals surface area (Å²) in [6.45, 7) is 14.4. The van der Waals surface area contributed by atoms with Crippen LogP contribution in [0.25, 0.3) is 0 Å². The van der Waals surface area contributed by atoms with E-state index in [0.29, 0.717) is 0 Å². The van der Waals surface area contributed by atoms with E-state index in [-0.39, 0.29) is 18.4 Å². The number of hydrogen-bond donors (Lipinski definition) is 2. The van der Waals surface area contributed by atoms with E-state index in [1.807, 2.05) is 58.0 Å². The van der Waals surface area contributed by atoms with E-state index in [4.69, 9.17) is 9.47 Å². The number of carbonyl (C=O) groups excluding carboxylic acids is 3. The maximum absolute atomic E-state index is 13.2. The molecule has 1 aliphatic rings. The third kappa shape index (κ3) is 6.40. The Balaban J connectivity index is 2.18. The summed E-state index contributed by atoms with van der Waals surface area (Å²) >= 11 is 0. The summed E-state index contributed by atoms with van der Waals surface area (Å²) in [5.41, 5.74) is 0.397. The molecule has 1 fully saturated rings. The Morgan fingerprint density at radius 1 is 1.16 bits per heavy atom. The minimum Gasteiger partial charge on any atom is -0.432 e. The normalized spacial score (nSPS) is 20.8. The Morgan fingerprint density at radius 2 is 1.77 bits per heavy atom. The molecule has 7 nitrogen and oxygen atoms in total. The van der Waals surface area contributed by atoms with Gasteiger partial charge in [0.1, 0.15) is 6.04 Å². The molecule has 0 spiro atoms. The van der Waals surface area contributed by atoms with Crippen LogP contribution in [0.15, 0.2) is 43.0 Å². The van der Waals surface area contributed by atoms with Gasteiger partial charge in [0.05, 0.1) is 12.0 Å². The first kappa shape index (κ1) is 24.6. The van der Waals surface area contributed by atoms with Gasteiger partial charge in [-0.15, -0.1) is 6.58 Å². The van der Waals surface area contributed by atoms with E-state index < -0.39 is 41.1 Å². The quantitative estimate of drug-likeness (QED) is 0.488. The Labute approximate surface area is 184 Å². The first-order valence-electron chi connectivity index (χ1n) is 10.5. The summed E-state index contributed by atoms with van der Waals surface area (Å²) in [5.74, 6) is -3.31. The number of cyclic esters (lactones) is 1. The van der Waals surface area contributed by atoms with Crippen molar-refractivity contribution in [1.29, 1.82) is 0 Å². The molecule has 2 amide bonds. The SMILES string of the molecule is C=CCC(C(=O)N[C@H](C(=O)N[C@H](C)c1ccccc1)C(C)(C)C)[C@@H]1OC(C)(C)OC1=O. The number of amides is 2. The van der Waals surface area contributed by atoms with Gasteiger partial charge in [-0.2, -0.15) is 0 Å². The molecule has 2 N–H and O–H groups in total. The van der Waals surface area contributed by atoms with Gasteiger partial charge in [0, 0.05) is 13.8 Å². The first-order chi connectivity index (χ1) is 14.4. The van der Waals surface area contributed by atoms with Crippen LogP contribution < -0.4 is 10.6 Å². The minimum absolute atomic E-state index is 0.209. The average molecular weight is 431 g/mol. The lowest BCUT2D eigenvalue weighted by Crippen LogP contribution is -2.56. The van der Waals surface area contributed by atoms with Crippen molar-refractivity contribution in [2.45, 2.75) is 71.9 Å². The smallest absolute Gasteiger partial charge is 0.338 e. The molecule has 1 aromatic rings. The van der Waals surface area contributed by atoms with Gasteiger partial charge >= 0.3 is 5.97 Å². The molecule has 2 rings (SSSR count). The van der Waals surface area contributed by atoms with Crippen LogP contribution in [0.3, 0.4) is 0 Å². The summed E-state index contributed by atoms with van der Waals surface area (Å²) < 4.78 is 10.9. The van der Waals surface area contributed by atoms with Gasteiger partial charge in [0.15, 0.2) is 6.10 Å². The van der Waals surface area contributed by atoms with E-state index in [9.17, 15) is 14.4 Å². The molecule has 4 atom stereocenters. The molecular weight excluding hydrogens is 396 g/mol. The van der Waals surface area contributed by atoms with Gasteiger partial charge in [0.2, 0.25) is 17.6 Å². The zero-order valence-corrected chi connectivity index (χ0v) is 19.2. The van der Waals surface area contributed by atoms with Crippen molar-refractivity contribution in [1.82, 2.24) is 10.6 Å². The minimum atomic E-state index is -1.10. The molecule has 170 valence electrons. The van der Waals surface area contributed by atoms with E-state index in [0.717, 1.165) is 5.56 Å². The van der Waals surface area contributed by atoms with Crippen molar-refractivity contribution in [3.8, 4) is 0 Å². The Kier molecular flexibility index (Phi) is 7.65. The Morgan fingerprint density at radius 3 is 2.26 bits per heavy atom. The zero-order valence-electron chi connectivity index (χ0n) is 19.2. The average Bonchev–Trinajstić information content (AvgIpc) is 2.95. The van der Waals surface area contributed by atoms with Gasteiger partial charge in [-0.1, -0.05) is 57.2 Å². The lowest BCUT2D eigenvalue weighted by Gasteiger charge is -2.33. The summed E-state index contributed by atoms with van der Waals surface area (Å²) in [6.07, 6.45) is 0.705. The third-order valence-electron chi connectivity index (χ3n) is 5.19. The predicted molar refractivity (Wildman–Crippen MR) is 118 cm³/mol. The topological polar surface area (TPSA) is 93.7 Å². The standard InChI is InChI=1S/C24H34N2O5/c1-8-12-17(18-22(29)31-24(6,7)30-18)20(27)26-19(23(3,4)5)21(28)25-15(2)16-13-10-9-11-14-16/h8-11,13-15,17-19H,1,12H2,2-7H3,(H,25,28)(H,26,27)/t15-,17?,18+,19-/m1/s1. The molecule has 0 saturated carbocycles. The van der Waals surface area contributed by atoms with Crippen molar-refractivity contribution in [3.63, 3.8) is 0 Å². The molecule has 1 unspecified atom stereocenters. The van der Waals surface area contributed by atoms with E-state index in [2.05, 4.69) is 17.2 Å². The van der Waals surface area contributed by atoms with Crippen LogP contribution in [0.5, 0.6) is 0 Å². The highest BCUT2D eigenvalue weighted by atomic mass is 16.8. The Hall–Kier alpha value is -2.67. The van der Waals surface area contributed by atoms with Crippen molar-refractivity contribution in [3.05, 3.63) is 48.6 Å². The van der Waals surface area contributed by atoms with Crippen LogP contribution in [0, 0.1) is 11.3 Å². The molecule has 0 aliphatic carbocycles. The number of hydrogen-bond acceptors (Lipinski definition) is 5. The van der Waals surface area contributed by atoms with Gasteiger partial charge in [-0.05, 0) is 24.3 Å². The molecule has 0 bridgehead atoms. The number of allylic oxidation sites excluding steroid dienone is 1. The molecule has 1 saturated heterocycles. The summed E-state index contributed by atoms with van der Waals surface area (Å²) in [7, 11) is 0. The van der Waals surface area contributed by atoms with Crippen LogP contribution in [0.2, 0.25) is 0 Å². The predicted octanol–water partition coefficient (Wildman–Crippen LogP) is 3.27. The second-order valence-corrected chi connectivity index (χ2v) is 9.44. The second-order valence-electron chi connectivity index (χ2n) is 9.44. The first-order valence-corrected chi connectivity index (χ1v) is 10.5. The zero-order chi connectivity index (χ0) is 23.4. The molecule has 1 heterocycles. The number of nitrogens with one attached hydrogen (secondary N) is 2. The summed E-state index contributed by atoms with van der Waals surface area (Å²) in [6, 6.07) is 8.54. The fourth-order valence-electron chi connectivity index (χ4n) is 3.52. The molecule has 7 heteroatoms. The molecule has 0 radical (unpaired) electrons.